The molecular formula is C19H17FN2O2S. The number of nitrogens with two attached hydrogens (primary N) is 1. The first-order valence-electron chi connectivity index (χ1n) is 7.69. The molecule has 2 aromatic carbocycles. The largest absolute Gasteiger partial charge is 0.366 e. The van der Waals surface area contributed by atoms with E-state index >= 15 is 0 Å². The van der Waals surface area contributed by atoms with Crippen molar-refractivity contribution in [1.82, 2.24) is 4.90 Å². The Morgan fingerprint density at radius 1 is 1.20 bits per heavy atom. The average Bonchev–Trinajstić information content (AvgIpc) is 2.91. The maximum absolute atomic E-state index is 13.4. The minimum atomic E-state index is -0.502. The quantitative estimate of drug-likeness (QED) is 0.774. The second kappa shape index (κ2) is 6.64. The van der Waals surface area contributed by atoms with E-state index in [1.54, 1.807) is 36.2 Å². The first kappa shape index (κ1) is 17.1. The van der Waals surface area contributed by atoms with Crippen LogP contribution in [0.5, 0.6) is 0 Å². The van der Waals surface area contributed by atoms with Gasteiger partial charge in [0.1, 0.15) is 5.82 Å². The lowest BCUT2D eigenvalue weighted by molar-refractivity contribution is 0.0789. The van der Waals surface area contributed by atoms with E-state index in [2.05, 4.69) is 0 Å². The molecule has 0 radical (unpaired) electrons. The highest BCUT2D eigenvalue weighted by molar-refractivity contribution is 7.21. The normalized spacial score (nSPS) is 10.8. The molecule has 3 aromatic rings. The minimum absolute atomic E-state index is 0.136. The van der Waals surface area contributed by atoms with Crippen molar-refractivity contribution in [3.8, 4) is 0 Å². The SMILES string of the molecule is Cc1c(C(=O)N(C)Cc2cccc(C(N)=O)c2)sc2ccc(F)cc12. The molecule has 6 heteroatoms. The smallest absolute Gasteiger partial charge is 0.264 e. The van der Waals surface area contributed by atoms with Crippen LogP contribution < -0.4 is 5.73 Å². The van der Waals surface area contributed by atoms with E-state index in [1.165, 1.54) is 23.5 Å². The molecule has 0 atom stereocenters. The van der Waals surface area contributed by atoms with Crippen LogP contribution in [0.3, 0.4) is 0 Å². The third-order valence-corrected chi connectivity index (χ3v) is 5.33. The van der Waals surface area contributed by atoms with Crippen molar-refractivity contribution >= 4 is 33.2 Å². The van der Waals surface area contributed by atoms with E-state index in [0.29, 0.717) is 17.0 Å². The zero-order valence-corrected chi connectivity index (χ0v) is 14.7. The molecule has 0 fully saturated rings. The summed E-state index contributed by atoms with van der Waals surface area (Å²) in [5.74, 6) is -0.953. The summed E-state index contributed by atoms with van der Waals surface area (Å²) in [5, 5.41) is 0.762. The van der Waals surface area contributed by atoms with Gasteiger partial charge in [0.25, 0.3) is 5.91 Å². The zero-order valence-electron chi connectivity index (χ0n) is 13.9. The Kier molecular flexibility index (Phi) is 4.55. The van der Waals surface area contributed by atoms with Gasteiger partial charge in [-0.05, 0) is 53.8 Å². The molecule has 0 saturated carbocycles. The van der Waals surface area contributed by atoms with E-state index in [0.717, 1.165) is 21.2 Å². The fourth-order valence-corrected chi connectivity index (χ4v) is 3.92. The fourth-order valence-electron chi connectivity index (χ4n) is 2.74. The molecule has 1 aromatic heterocycles. The number of carbonyl (C=O) groups is 2. The summed E-state index contributed by atoms with van der Waals surface area (Å²) in [7, 11) is 1.70. The van der Waals surface area contributed by atoms with Crippen molar-refractivity contribution in [3.63, 3.8) is 0 Å². The van der Waals surface area contributed by atoms with Gasteiger partial charge in [0.2, 0.25) is 5.91 Å². The van der Waals surface area contributed by atoms with Gasteiger partial charge >= 0.3 is 0 Å². The zero-order chi connectivity index (χ0) is 18.1. The topological polar surface area (TPSA) is 63.4 Å². The van der Waals surface area contributed by atoms with Crippen LogP contribution in [0.1, 0.15) is 31.2 Å². The maximum Gasteiger partial charge on any atom is 0.264 e. The Bertz CT molecular complexity index is 981. The number of nitrogens with zero attached hydrogens (tertiary/aromatic N) is 1. The molecule has 1 heterocycles. The Hall–Kier alpha value is -2.73. The number of hydrogen-bond acceptors (Lipinski definition) is 3. The van der Waals surface area contributed by atoms with Gasteiger partial charge in [-0.3, -0.25) is 9.59 Å². The van der Waals surface area contributed by atoms with E-state index in [4.69, 9.17) is 5.73 Å². The van der Waals surface area contributed by atoms with Crippen LogP contribution in [-0.4, -0.2) is 23.8 Å². The number of hydrogen-bond donors (Lipinski definition) is 1. The van der Waals surface area contributed by atoms with Crippen molar-refractivity contribution in [2.24, 2.45) is 5.73 Å². The Labute approximate surface area is 148 Å². The molecule has 0 spiro atoms. The molecule has 2 amide bonds. The molecule has 3 rings (SSSR count). The molecule has 2 N–H and O–H groups in total. The number of benzene rings is 2. The van der Waals surface area contributed by atoms with Crippen LogP contribution in [-0.2, 0) is 6.54 Å². The third-order valence-electron chi connectivity index (χ3n) is 4.07. The van der Waals surface area contributed by atoms with E-state index in [9.17, 15) is 14.0 Å². The summed E-state index contributed by atoms with van der Waals surface area (Å²) < 4.78 is 14.3. The number of fused-ring (bicyclic) bond motifs is 1. The van der Waals surface area contributed by atoms with Gasteiger partial charge < -0.3 is 10.6 Å². The summed E-state index contributed by atoms with van der Waals surface area (Å²) in [6, 6.07) is 11.4. The molecule has 0 saturated heterocycles. The van der Waals surface area contributed by atoms with Crippen molar-refractivity contribution in [2.75, 3.05) is 7.05 Å². The standard InChI is InChI=1S/C19H17FN2O2S/c1-11-15-9-14(20)6-7-16(15)25-17(11)19(24)22(2)10-12-4-3-5-13(8-12)18(21)23/h3-9H,10H2,1-2H3,(H2,21,23). The van der Waals surface area contributed by atoms with Gasteiger partial charge in [-0.2, -0.15) is 0 Å². The molecule has 0 unspecified atom stereocenters. The summed E-state index contributed by atoms with van der Waals surface area (Å²) in [4.78, 5) is 26.2. The lowest BCUT2D eigenvalue weighted by Crippen LogP contribution is -2.26. The van der Waals surface area contributed by atoms with Gasteiger partial charge in [0.05, 0.1) is 4.88 Å². The van der Waals surface area contributed by atoms with E-state index < -0.39 is 5.91 Å². The second-order valence-corrected chi connectivity index (χ2v) is 6.97. The van der Waals surface area contributed by atoms with Gasteiger partial charge in [-0.15, -0.1) is 11.3 Å². The van der Waals surface area contributed by atoms with Gasteiger partial charge in [0, 0.05) is 23.9 Å². The van der Waals surface area contributed by atoms with Gasteiger partial charge in [-0.25, -0.2) is 4.39 Å². The van der Waals surface area contributed by atoms with Crippen LogP contribution >= 0.6 is 11.3 Å². The summed E-state index contributed by atoms with van der Waals surface area (Å²) >= 11 is 1.36. The number of amides is 2. The minimum Gasteiger partial charge on any atom is -0.366 e. The van der Waals surface area contributed by atoms with Crippen molar-refractivity contribution in [1.29, 1.82) is 0 Å². The Morgan fingerprint density at radius 3 is 2.68 bits per heavy atom. The number of aryl methyl sites for hydroxylation is 1. The number of rotatable bonds is 4. The van der Waals surface area contributed by atoms with Crippen LogP contribution in [0, 0.1) is 12.7 Å². The van der Waals surface area contributed by atoms with Gasteiger partial charge in [0.15, 0.2) is 0 Å². The molecule has 0 bridgehead atoms. The van der Waals surface area contributed by atoms with Crippen LogP contribution in [0.25, 0.3) is 10.1 Å². The number of thiophene rings is 1. The lowest BCUT2D eigenvalue weighted by atomic mass is 10.1. The van der Waals surface area contributed by atoms with E-state index in [1.807, 2.05) is 13.0 Å². The monoisotopic (exact) mass is 356 g/mol. The first-order chi connectivity index (χ1) is 11.9. The highest BCUT2D eigenvalue weighted by atomic mass is 32.1. The predicted molar refractivity (Wildman–Crippen MR) is 97.3 cm³/mol. The number of carbonyl (C=O) groups excluding carboxylic acids is 2. The Morgan fingerprint density at radius 2 is 1.96 bits per heavy atom. The molecule has 25 heavy (non-hydrogen) atoms. The fraction of sp³-hybridized carbons (Fsp3) is 0.158. The number of halogens is 1. The second-order valence-electron chi connectivity index (χ2n) is 5.92. The van der Waals surface area contributed by atoms with Crippen LogP contribution in [0.2, 0.25) is 0 Å². The summed E-state index contributed by atoms with van der Waals surface area (Å²) in [5.41, 5.74) is 7.30. The summed E-state index contributed by atoms with van der Waals surface area (Å²) in [6.45, 7) is 2.18. The molecule has 128 valence electrons. The molecule has 0 aliphatic rings. The third kappa shape index (κ3) is 3.39. The van der Waals surface area contributed by atoms with Crippen molar-refractivity contribution in [2.45, 2.75) is 13.5 Å². The number of primary amides is 1. The molecule has 4 nitrogen and oxygen atoms in total. The van der Waals surface area contributed by atoms with Crippen molar-refractivity contribution in [3.05, 3.63) is 69.8 Å². The predicted octanol–water partition coefficient (Wildman–Crippen LogP) is 3.72. The maximum atomic E-state index is 13.4. The highest BCUT2D eigenvalue weighted by Gasteiger charge is 2.19. The lowest BCUT2D eigenvalue weighted by Gasteiger charge is -2.17. The van der Waals surface area contributed by atoms with Crippen molar-refractivity contribution < 1.29 is 14.0 Å². The Balaban J connectivity index is 1.87. The van der Waals surface area contributed by atoms with Crippen LogP contribution in [0.15, 0.2) is 42.5 Å². The first-order valence-corrected chi connectivity index (χ1v) is 8.51. The molecular weight excluding hydrogens is 339 g/mol. The van der Waals surface area contributed by atoms with Crippen LogP contribution in [0.4, 0.5) is 4.39 Å². The van der Waals surface area contributed by atoms with E-state index in [-0.39, 0.29) is 11.7 Å². The average molecular weight is 356 g/mol. The van der Waals surface area contributed by atoms with Gasteiger partial charge in [-0.1, -0.05) is 12.1 Å². The summed E-state index contributed by atoms with van der Waals surface area (Å²) in [6.07, 6.45) is 0. The highest BCUT2D eigenvalue weighted by Crippen LogP contribution is 2.32. The molecule has 0 aliphatic heterocycles. The molecule has 0 aliphatic carbocycles.